The number of para-hydroxylation sites is 1. The highest BCUT2D eigenvalue weighted by atomic mass is 19.4. The van der Waals surface area contributed by atoms with Gasteiger partial charge < -0.3 is 10.2 Å². The molecule has 34 heavy (non-hydrogen) atoms. The van der Waals surface area contributed by atoms with Crippen LogP contribution in [0.15, 0.2) is 54.7 Å². The molecule has 4 rings (SSSR count). The van der Waals surface area contributed by atoms with Crippen molar-refractivity contribution in [2.24, 2.45) is 0 Å². The summed E-state index contributed by atoms with van der Waals surface area (Å²) in [6.45, 7) is 3.36. The molecule has 180 valence electrons. The van der Waals surface area contributed by atoms with Crippen LogP contribution >= 0.6 is 0 Å². The van der Waals surface area contributed by atoms with Crippen LogP contribution in [0.3, 0.4) is 0 Å². The number of rotatable bonds is 6. The number of carbonyl (C=O) groups is 1. The van der Waals surface area contributed by atoms with E-state index in [-0.39, 0.29) is 12.4 Å². The van der Waals surface area contributed by atoms with Gasteiger partial charge in [0.15, 0.2) is 5.69 Å². The number of nitrogens with one attached hydrogen (secondary N) is 1. The third-order valence-electron chi connectivity index (χ3n) is 5.64. The summed E-state index contributed by atoms with van der Waals surface area (Å²) in [4.78, 5) is 16.7. The highest BCUT2D eigenvalue weighted by molar-refractivity contribution is 5.95. The highest BCUT2D eigenvalue weighted by Gasteiger charge is 2.41. The second-order valence-corrected chi connectivity index (χ2v) is 7.83. The van der Waals surface area contributed by atoms with E-state index in [1.807, 2.05) is 0 Å². The normalized spacial score (nSPS) is 14.9. The molecule has 1 fully saturated rings. The number of carbonyl (C=O) groups excluding carboxylic acids is 1. The molecule has 0 aliphatic carbocycles. The van der Waals surface area contributed by atoms with E-state index in [0.717, 1.165) is 24.0 Å². The van der Waals surface area contributed by atoms with Gasteiger partial charge in [-0.15, -0.1) is 0 Å². The number of nitrogens with zero attached hydrogens (tertiary/aromatic N) is 4. The first kappa shape index (κ1) is 23.7. The average molecular weight is 479 g/mol. The minimum Gasteiger partial charge on any atom is -0.369 e. The van der Waals surface area contributed by atoms with Gasteiger partial charge in [0.05, 0.1) is 11.8 Å². The summed E-state index contributed by atoms with van der Waals surface area (Å²) in [6.07, 6.45) is -4.12. The third-order valence-corrected chi connectivity index (χ3v) is 5.64. The second-order valence-electron chi connectivity index (χ2n) is 7.83. The van der Waals surface area contributed by atoms with Gasteiger partial charge >= 0.3 is 6.18 Å². The van der Waals surface area contributed by atoms with Crippen LogP contribution in [0.25, 0.3) is 5.69 Å². The topological polar surface area (TPSA) is 53.4 Å². The number of hydrogen-bond donors (Lipinski definition) is 1. The lowest BCUT2D eigenvalue weighted by Crippen LogP contribution is -2.48. The number of benzene rings is 2. The Morgan fingerprint density at radius 3 is 2.29 bits per heavy atom. The zero-order valence-electron chi connectivity index (χ0n) is 18.0. The lowest BCUT2D eigenvalue weighted by molar-refractivity contribution is -0.143. The Morgan fingerprint density at radius 2 is 1.65 bits per heavy atom. The Morgan fingerprint density at radius 1 is 0.971 bits per heavy atom. The number of amides is 1. The number of piperazine rings is 1. The largest absolute Gasteiger partial charge is 0.434 e. The molecule has 0 saturated carbocycles. The number of hydrogen-bond acceptors (Lipinski definition) is 4. The maximum Gasteiger partial charge on any atom is 0.434 e. The van der Waals surface area contributed by atoms with Crippen LogP contribution in [0.5, 0.6) is 0 Å². The van der Waals surface area contributed by atoms with Crippen LogP contribution in [0.2, 0.25) is 0 Å². The summed E-state index contributed by atoms with van der Waals surface area (Å²) in [7, 11) is 0. The molecule has 0 unspecified atom stereocenters. The summed E-state index contributed by atoms with van der Waals surface area (Å²) < 4.78 is 68.8. The van der Waals surface area contributed by atoms with E-state index in [2.05, 4.69) is 20.2 Å². The SMILES string of the molecule is O=C(NCCN1CCN(c2ccc(F)cc2)CC1)c1cnn(-c2ccccc2F)c1C(F)(F)F. The van der Waals surface area contributed by atoms with E-state index >= 15 is 0 Å². The smallest absolute Gasteiger partial charge is 0.369 e. The van der Waals surface area contributed by atoms with Gasteiger partial charge in [-0.05, 0) is 36.4 Å². The maximum absolute atomic E-state index is 14.1. The van der Waals surface area contributed by atoms with Crippen molar-refractivity contribution >= 4 is 11.6 Å². The van der Waals surface area contributed by atoms with Gasteiger partial charge in [-0.25, -0.2) is 13.5 Å². The van der Waals surface area contributed by atoms with Gasteiger partial charge in [0.25, 0.3) is 5.91 Å². The summed E-state index contributed by atoms with van der Waals surface area (Å²) in [5, 5.41) is 6.14. The summed E-state index contributed by atoms with van der Waals surface area (Å²) in [6, 6.07) is 11.1. The van der Waals surface area contributed by atoms with E-state index in [4.69, 9.17) is 0 Å². The Balaban J connectivity index is 1.36. The van der Waals surface area contributed by atoms with Gasteiger partial charge in [0, 0.05) is 45.0 Å². The van der Waals surface area contributed by atoms with E-state index in [0.29, 0.717) is 37.4 Å². The monoisotopic (exact) mass is 479 g/mol. The fourth-order valence-corrected chi connectivity index (χ4v) is 3.90. The number of anilines is 1. The van der Waals surface area contributed by atoms with Crippen molar-refractivity contribution in [3.8, 4) is 5.69 Å². The van der Waals surface area contributed by atoms with Crippen molar-refractivity contribution in [2.45, 2.75) is 6.18 Å². The summed E-state index contributed by atoms with van der Waals surface area (Å²) >= 11 is 0. The van der Waals surface area contributed by atoms with Crippen LogP contribution < -0.4 is 10.2 Å². The molecule has 3 aromatic rings. The predicted octanol–water partition coefficient (Wildman–Crippen LogP) is 3.72. The quantitative estimate of drug-likeness (QED) is 0.548. The van der Waals surface area contributed by atoms with Crippen LogP contribution in [0.4, 0.5) is 27.6 Å². The van der Waals surface area contributed by atoms with E-state index in [1.54, 1.807) is 12.1 Å². The Labute approximate surface area is 192 Å². The molecule has 2 aromatic carbocycles. The molecule has 1 amide bonds. The van der Waals surface area contributed by atoms with Crippen molar-refractivity contribution < 1.29 is 26.7 Å². The minimum atomic E-state index is -4.91. The van der Waals surface area contributed by atoms with Gasteiger partial charge in [-0.3, -0.25) is 9.69 Å². The van der Waals surface area contributed by atoms with Crippen molar-refractivity contribution in [1.82, 2.24) is 20.0 Å². The summed E-state index contributed by atoms with van der Waals surface area (Å²) in [5.74, 6) is -2.12. The predicted molar refractivity (Wildman–Crippen MR) is 116 cm³/mol. The first-order chi connectivity index (χ1) is 16.2. The summed E-state index contributed by atoms with van der Waals surface area (Å²) in [5.41, 5.74) is -1.48. The molecule has 1 aliphatic heterocycles. The van der Waals surface area contributed by atoms with Gasteiger partial charge in [-0.2, -0.15) is 18.3 Å². The molecule has 1 aromatic heterocycles. The van der Waals surface area contributed by atoms with Gasteiger partial charge in [-0.1, -0.05) is 12.1 Å². The molecule has 0 bridgehead atoms. The number of halogens is 5. The standard InChI is InChI=1S/C23H22F5N5O/c24-16-5-7-17(8-6-16)32-13-11-31(12-14-32)10-9-29-22(34)18-15-30-33(21(18)23(26,27)28)20-4-2-1-3-19(20)25/h1-8,15H,9-14H2,(H,29,34). The lowest BCUT2D eigenvalue weighted by Gasteiger charge is -2.36. The van der Waals surface area contributed by atoms with Crippen LogP contribution in [-0.4, -0.2) is 59.9 Å². The van der Waals surface area contributed by atoms with Crippen LogP contribution in [0.1, 0.15) is 16.1 Å². The molecule has 1 N–H and O–H groups in total. The molecule has 2 heterocycles. The third kappa shape index (κ3) is 5.19. The Kier molecular flexibility index (Phi) is 6.82. The molecule has 1 aliphatic rings. The zero-order chi connectivity index (χ0) is 24.3. The van der Waals surface area contributed by atoms with Crippen molar-refractivity contribution in [3.63, 3.8) is 0 Å². The lowest BCUT2D eigenvalue weighted by atomic mass is 10.2. The maximum atomic E-state index is 14.1. The van der Waals surface area contributed by atoms with E-state index < -0.39 is 34.8 Å². The van der Waals surface area contributed by atoms with Crippen LogP contribution in [-0.2, 0) is 6.18 Å². The van der Waals surface area contributed by atoms with Gasteiger partial charge in [0.2, 0.25) is 0 Å². The Bertz CT molecular complexity index is 1140. The van der Waals surface area contributed by atoms with Gasteiger partial charge in [0.1, 0.15) is 17.3 Å². The molecule has 1 saturated heterocycles. The molecule has 11 heteroatoms. The minimum absolute atomic E-state index is 0.136. The van der Waals surface area contributed by atoms with Crippen molar-refractivity contribution in [2.75, 3.05) is 44.2 Å². The molecule has 0 spiro atoms. The molecular weight excluding hydrogens is 457 g/mol. The number of aromatic nitrogens is 2. The van der Waals surface area contributed by atoms with Crippen LogP contribution in [0, 0.1) is 11.6 Å². The average Bonchev–Trinajstić information content (AvgIpc) is 3.26. The zero-order valence-corrected chi connectivity index (χ0v) is 18.0. The highest BCUT2D eigenvalue weighted by Crippen LogP contribution is 2.34. The fraction of sp³-hybridized carbons (Fsp3) is 0.304. The van der Waals surface area contributed by atoms with E-state index in [1.165, 1.54) is 24.3 Å². The molecule has 0 atom stereocenters. The molecule has 6 nitrogen and oxygen atoms in total. The molecule has 0 radical (unpaired) electrons. The first-order valence-electron chi connectivity index (χ1n) is 10.7. The second kappa shape index (κ2) is 9.80. The van der Waals surface area contributed by atoms with E-state index in [9.17, 15) is 26.7 Å². The van der Waals surface area contributed by atoms with Crippen molar-refractivity contribution in [1.29, 1.82) is 0 Å². The first-order valence-corrected chi connectivity index (χ1v) is 10.7. The molecular formula is C23H22F5N5O. The fourth-order valence-electron chi connectivity index (χ4n) is 3.90. The number of alkyl halides is 3. The van der Waals surface area contributed by atoms with Crippen molar-refractivity contribution in [3.05, 3.63) is 77.6 Å². The Hall–Kier alpha value is -3.47.